The second-order valence-corrected chi connectivity index (χ2v) is 5.08. The number of pyridine rings is 1. The Balaban J connectivity index is 1.85. The maximum Gasteiger partial charge on any atom is 0.129 e. The Morgan fingerprint density at radius 2 is 1.95 bits per heavy atom. The van der Waals surface area contributed by atoms with Gasteiger partial charge in [-0.25, -0.2) is 9.97 Å². The Kier molecular flexibility index (Phi) is 3.32. The number of hydrogen-bond acceptors (Lipinski definition) is 3. The average molecular weight is 287 g/mol. The number of nitrogens with one attached hydrogen (secondary N) is 1. The fraction of sp³-hybridized carbons (Fsp3) is 0.200. The highest BCUT2D eigenvalue weighted by Crippen LogP contribution is 2.18. The van der Waals surface area contributed by atoms with Crippen molar-refractivity contribution in [2.75, 3.05) is 5.32 Å². The van der Waals surface area contributed by atoms with Crippen molar-refractivity contribution in [3.05, 3.63) is 53.1 Å². The van der Waals surface area contributed by atoms with Gasteiger partial charge in [0.2, 0.25) is 0 Å². The van der Waals surface area contributed by atoms with Crippen LogP contribution in [0, 0.1) is 6.92 Å². The lowest BCUT2D eigenvalue weighted by Gasteiger charge is -2.09. The van der Waals surface area contributed by atoms with Gasteiger partial charge in [0.05, 0.1) is 29.0 Å². The van der Waals surface area contributed by atoms with E-state index in [1.54, 1.807) is 6.07 Å². The summed E-state index contributed by atoms with van der Waals surface area (Å²) in [6.45, 7) is 2.58. The molecule has 2 aromatic heterocycles. The summed E-state index contributed by atoms with van der Waals surface area (Å²) >= 11 is 5.86. The molecule has 5 heteroatoms. The predicted molar refractivity (Wildman–Crippen MR) is 82.0 cm³/mol. The minimum absolute atomic E-state index is 0.510. The maximum atomic E-state index is 5.86. The minimum Gasteiger partial charge on any atom is -0.376 e. The quantitative estimate of drug-likeness (QED) is 0.749. The number of hydrogen-bond donors (Lipinski definition) is 1. The summed E-state index contributed by atoms with van der Waals surface area (Å²) in [6.07, 6.45) is 0. The molecule has 3 aromatic rings. The molecule has 0 amide bonds. The molecule has 0 radical (unpaired) electrons. The van der Waals surface area contributed by atoms with Crippen LogP contribution < -0.4 is 5.32 Å². The lowest BCUT2D eigenvalue weighted by Crippen LogP contribution is -2.07. The first-order valence-corrected chi connectivity index (χ1v) is 6.80. The number of nitrogens with zero attached hydrogens (tertiary/aromatic N) is 3. The molecule has 1 aromatic carbocycles. The van der Waals surface area contributed by atoms with E-state index in [1.807, 2.05) is 38.2 Å². The van der Waals surface area contributed by atoms with Crippen LogP contribution in [0.25, 0.3) is 11.0 Å². The predicted octanol–water partition coefficient (Wildman–Crippen LogP) is 3.54. The highest BCUT2D eigenvalue weighted by molar-refractivity contribution is 6.29. The first-order valence-electron chi connectivity index (χ1n) is 6.42. The molecule has 0 fully saturated rings. The number of halogens is 1. The van der Waals surface area contributed by atoms with E-state index in [4.69, 9.17) is 11.6 Å². The first-order chi connectivity index (χ1) is 9.65. The van der Waals surface area contributed by atoms with Crippen LogP contribution >= 0.6 is 11.6 Å². The molecule has 20 heavy (non-hydrogen) atoms. The van der Waals surface area contributed by atoms with Gasteiger partial charge in [-0.15, -0.1) is 0 Å². The van der Waals surface area contributed by atoms with Gasteiger partial charge in [0.15, 0.2) is 0 Å². The monoisotopic (exact) mass is 286 g/mol. The molecule has 0 bridgehead atoms. The summed E-state index contributed by atoms with van der Waals surface area (Å²) in [5.41, 5.74) is 4.01. The number of rotatable bonds is 3. The number of imidazole rings is 1. The van der Waals surface area contributed by atoms with Crippen molar-refractivity contribution in [3.8, 4) is 0 Å². The number of aryl methyl sites for hydroxylation is 2. The second kappa shape index (κ2) is 5.13. The third kappa shape index (κ3) is 2.34. The van der Waals surface area contributed by atoms with Crippen LogP contribution in [0.5, 0.6) is 0 Å². The lowest BCUT2D eigenvalue weighted by molar-refractivity contribution is 0.833. The van der Waals surface area contributed by atoms with Crippen molar-refractivity contribution in [2.24, 2.45) is 7.05 Å². The van der Waals surface area contributed by atoms with Crippen LogP contribution in [0.1, 0.15) is 11.5 Å². The smallest absolute Gasteiger partial charge is 0.129 e. The van der Waals surface area contributed by atoms with Crippen LogP contribution in [0.2, 0.25) is 5.15 Å². The molecule has 1 N–H and O–H groups in total. The van der Waals surface area contributed by atoms with E-state index in [0.717, 1.165) is 28.2 Å². The van der Waals surface area contributed by atoms with E-state index >= 15 is 0 Å². The van der Waals surface area contributed by atoms with E-state index in [1.165, 1.54) is 0 Å². The lowest BCUT2D eigenvalue weighted by atomic mass is 10.3. The van der Waals surface area contributed by atoms with E-state index in [2.05, 4.69) is 25.9 Å². The molecule has 3 rings (SSSR count). The third-order valence-corrected chi connectivity index (χ3v) is 3.58. The molecule has 0 atom stereocenters. The normalized spacial score (nSPS) is 10.9. The fourth-order valence-electron chi connectivity index (χ4n) is 2.25. The van der Waals surface area contributed by atoms with Gasteiger partial charge in [0, 0.05) is 7.05 Å². The fourth-order valence-corrected chi connectivity index (χ4v) is 2.43. The van der Waals surface area contributed by atoms with Crippen LogP contribution in [-0.4, -0.2) is 14.5 Å². The molecular weight excluding hydrogens is 272 g/mol. The molecule has 2 heterocycles. The van der Waals surface area contributed by atoms with Crippen LogP contribution in [0.4, 0.5) is 5.69 Å². The highest BCUT2D eigenvalue weighted by atomic mass is 35.5. The summed E-state index contributed by atoms with van der Waals surface area (Å²) in [5.74, 6) is 0.987. The van der Waals surface area contributed by atoms with Crippen LogP contribution in [-0.2, 0) is 13.6 Å². The van der Waals surface area contributed by atoms with Gasteiger partial charge >= 0.3 is 0 Å². The van der Waals surface area contributed by atoms with Gasteiger partial charge < -0.3 is 9.88 Å². The zero-order valence-electron chi connectivity index (χ0n) is 11.4. The summed E-state index contributed by atoms with van der Waals surface area (Å²) in [7, 11) is 2.03. The summed E-state index contributed by atoms with van der Waals surface area (Å²) in [6, 6.07) is 11.8. The molecule has 0 unspecified atom stereocenters. The highest BCUT2D eigenvalue weighted by Gasteiger charge is 2.07. The van der Waals surface area contributed by atoms with E-state index < -0.39 is 0 Å². The molecular formula is C15H15ClN4. The number of fused-ring (bicyclic) bond motifs is 1. The van der Waals surface area contributed by atoms with Crippen molar-refractivity contribution in [1.82, 2.24) is 14.5 Å². The number of anilines is 1. The third-order valence-electron chi connectivity index (χ3n) is 3.37. The minimum atomic E-state index is 0.510. The summed E-state index contributed by atoms with van der Waals surface area (Å²) in [4.78, 5) is 8.86. The molecule has 0 saturated carbocycles. The molecule has 0 aliphatic heterocycles. The topological polar surface area (TPSA) is 42.7 Å². The van der Waals surface area contributed by atoms with Crippen LogP contribution in [0.3, 0.4) is 0 Å². The molecule has 102 valence electrons. The first kappa shape index (κ1) is 12.9. The Bertz CT molecular complexity index is 764. The molecule has 4 nitrogen and oxygen atoms in total. The Morgan fingerprint density at radius 1 is 1.15 bits per heavy atom. The molecule has 0 aliphatic carbocycles. The largest absolute Gasteiger partial charge is 0.376 e. The van der Waals surface area contributed by atoms with Crippen LogP contribution in [0.15, 0.2) is 36.4 Å². The van der Waals surface area contributed by atoms with Gasteiger partial charge in [-0.05, 0) is 31.2 Å². The average Bonchev–Trinajstić information content (AvgIpc) is 2.75. The van der Waals surface area contributed by atoms with Crippen molar-refractivity contribution in [2.45, 2.75) is 13.5 Å². The van der Waals surface area contributed by atoms with Gasteiger partial charge in [-0.3, -0.25) is 0 Å². The Labute approximate surface area is 122 Å². The molecule has 0 spiro atoms. The van der Waals surface area contributed by atoms with Crippen molar-refractivity contribution in [3.63, 3.8) is 0 Å². The van der Waals surface area contributed by atoms with Crippen molar-refractivity contribution in [1.29, 1.82) is 0 Å². The van der Waals surface area contributed by atoms with E-state index in [-0.39, 0.29) is 0 Å². The number of para-hydroxylation sites is 2. The number of benzene rings is 1. The van der Waals surface area contributed by atoms with Gasteiger partial charge in [-0.2, -0.15) is 0 Å². The van der Waals surface area contributed by atoms with E-state index in [0.29, 0.717) is 11.7 Å². The summed E-state index contributed by atoms with van der Waals surface area (Å²) < 4.78 is 2.10. The Morgan fingerprint density at radius 3 is 2.70 bits per heavy atom. The van der Waals surface area contributed by atoms with Gasteiger partial charge in [-0.1, -0.05) is 23.7 Å². The maximum absolute atomic E-state index is 5.86. The zero-order chi connectivity index (χ0) is 14.1. The van der Waals surface area contributed by atoms with Crippen molar-refractivity contribution < 1.29 is 0 Å². The van der Waals surface area contributed by atoms with Crippen molar-refractivity contribution >= 4 is 28.3 Å². The summed E-state index contributed by atoms with van der Waals surface area (Å²) in [5, 5.41) is 3.86. The standard InChI is InChI=1S/C15H15ClN4/c1-10-11(7-8-14(16)18-10)17-9-15-19-12-5-3-4-6-13(12)20(15)2/h3-8,17H,9H2,1-2H3. The number of aromatic nitrogens is 3. The molecule has 0 aliphatic rings. The zero-order valence-corrected chi connectivity index (χ0v) is 12.1. The van der Waals surface area contributed by atoms with E-state index in [9.17, 15) is 0 Å². The molecule has 0 saturated heterocycles. The van der Waals surface area contributed by atoms with Gasteiger partial charge in [0.25, 0.3) is 0 Å². The Hall–Kier alpha value is -2.07. The SMILES string of the molecule is Cc1nc(Cl)ccc1NCc1nc2ccccc2n1C. The second-order valence-electron chi connectivity index (χ2n) is 4.70. The van der Waals surface area contributed by atoms with Gasteiger partial charge in [0.1, 0.15) is 11.0 Å².